The summed E-state index contributed by atoms with van der Waals surface area (Å²) in [6, 6.07) is 3.26. The van der Waals surface area contributed by atoms with Gasteiger partial charge in [-0.15, -0.1) is 0 Å². The van der Waals surface area contributed by atoms with Crippen molar-refractivity contribution in [3.05, 3.63) is 29.6 Å². The van der Waals surface area contributed by atoms with E-state index in [1.54, 1.807) is 19.9 Å². The molecule has 2 atom stereocenters. The van der Waals surface area contributed by atoms with Crippen LogP contribution in [-0.2, 0) is 4.79 Å². The Morgan fingerprint density at radius 2 is 1.95 bits per heavy atom. The van der Waals surface area contributed by atoms with E-state index < -0.39 is 29.8 Å². The predicted molar refractivity (Wildman–Crippen MR) is 69.6 cm³/mol. The summed E-state index contributed by atoms with van der Waals surface area (Å²) in [5, 5.41) is 13.8. The van der Waals surface area contributed by atoms with Crippen molar-refractivity contribution in [1.29, 1.82) is 0 Å². The van der Waals surface area contributed by atoms with Crippen molar-refractivity contribution in [2.45, 2.75) is 26.8 Å². The highest BCUT2D eigenvalue weighted by atomic mass is 19.1. The van der Waals surface area contributed by atoms with Crippen LogP contribution in [-0.4, -0.2) is 23.1 Å². The van der Waals surface area contributed by atoms with Gasteiger partial charge in [0.2, 0.25) is 0 Å². The first-order chi connectivity index (χ1) is 8.82. The third-order valence-electron chi connectivity index (χ3n) is 3.01. The third kappa shape index (κ3) is 3.94. The van der Waals surface area contributed by atoms with Gasteiger partial charge in [0, 0.05) is 17.3 Å². The molecular formula is C13H17FN2O3. The summed E-state index contributed by atoms with van der Waals surface area (Å²) in [6.07, 6.45) is 0. The third-order valence-corrected chi connectivity index (χ3v) is 3.01. The van der Waals surface area contributed by atoms with Crippen LogP contribution >= 0.6 is 0 Å². The lowest BCUT2D eigenvalue weighted by Gasteiger charge is -2.18. The molecule has 0 saturated heterocycles. The zero-order valence-corrected chi connectivity index (χ0v) is 11.0. The number of carboxylic acids is 1. The fourth-order valence-electron chi connectivity index (χ4n) is 1.45. The molecule has 1 aromatic carbocycles. The topological polar surface area (TPSA) is 78.4 Å². The predicted octanol–water partition coefficient (Wildman–Crippen LogP) is 2.36. The molecule has 0 heterocycles. The number of rotatable bonds is 4. The van der Waals surface area contributed by atoms with Crippen molar-refractivity contribution in [3.8, 4) is 0 Å². The molecule has 2 unspecified atom stereocenters. The lowest BCUT2D eigenvalue weighted by atomic mass is 10.0. The molecule has 104 valence electrons. The number of anilines is 1. The van der Waals surface area contributed by atoms with Crippen LogP contribution < -0.4 is 10.6 Å². The summed E-state index contributed by atoms with van der Waals surface area (Å²) in [4.78, 5) is 22.4. The summed E-state index contributed by atoms with van der Waals surface area (Å²) >= 11 is 0. The van der Waals surface area contributed by atoms with Crippen molar-refractivity contribution in [2.24, 2.45) is 5.92 Å². The molecular weight excluding hydrogens is 251 g/mol. The Balaban J connectivity index is 2.66. The van der Waals surface area contributed by atoms with Crippen molar-refractivity contribution in [2.75, 3.05) is 5.32 Å². The molecule has 3 N–H and O–H groups in total. The maximum Gasteiger partial charge on any atom is 0.319 e. The second-order valence-corrected chi connectivity index (χ2v) is 4.43. The van der Waals surface area contributed by atoms with E-state index in [0.717, 1.165) is 0 Å². The molecule has 6 heteroatoms. The number of carbonyl (C=O) groups excluding carboxylic acids is 1. The van der Waals surface area contributed by atoms with Crippen LogP contribution in [0.5, 0.6) is 0 Å². The van der Waals surface area contributed by atoms with E-state index in [9.17, 15) is 14.0 Å². The largest absolute Gasteiger partial charge is 0.481 e. The number of nitrogens with one attached hydrogen (secondary N) is 2. The van der Waals surface area contributed by atoms with E-state index in [2.05, 4.69) is 10.6 Å². The molecule has 0 spiro atoms. The second-order valence-electron chi connectivity index (χ2n) is 4.43. The number of hydrogen-bond acceptors (Lipinski definition) is 2. The highest BCUT2D eigenvalue weighted by molar-refractivity contribution is 5.90. The zero-order valence-electron chi connectivity index (χ0n) is 11.0. The molecule has 0 aromatic heterocycles. The first kappa shape index (κ1) is 14.9. The van der Waals surface area contributed by atoms with Crippen LogP contribution in [0.15, 0.2) is 18.2 Å². The van der Waals surface area contributed by atoms with Gasteiger partial charge < -0.3 is 15.7 Å². The van der Waals surface area contributed by atoms with Crippen molar-refractivity contribution in [1.82, 2.24) is 5.32 Å². The van der Waals surface area contributed by atoms with E-state index in [1.807, 2.05) is 0 Å². The second kappa shape index (κ2) is 6.17. The zero-order chi connectivity index (χ0) is 14.6. The minimum absolute atomic E-state index is 0.330. The Hall–Kier alpha value is -2.11. The average molecular weight is 268 g/mol. The lowest BCUT2D eigenvalue weighted by molar-refractivity contribution is -0.141. The fourth-order valence-corrected chi connectivity index (χ4v) is 1.45. The average Bonchev–Trinajstić information content (AvgIpc) is 2.33. The van der Waals surface area contributed by atoms with Gasteiger partial charge in [0.15, 0.2) is 0 Å². The summed E-state index contributed by atoms with van der Waals surface area (Å²) in [6.45, 7) is 4.64. The molecule has 0 aliphatic heterocycles. The Kier molecular flexibility index (Phi) is 4.86. The Labute approximate surface area is 110 Å². The lowest BCUT2D eigenvalue weighted by Crippen LogP contribution is -2.42. The van der Waals surface area contributed by atoms with E-state index in [0.29, 0.717) is 11.3 Å². The number of hydrogen-bond donors (Lipinski definition) is 3. The van der Waals surface area contributed by atoms with Gasteiger partial charge in [0.05, 0.1) is 5.92 Å². The van der Waals surface area contributed by atoms with Crippen LogP contribution in [0, 0.1) is 18.7 Å². The van der Waals surface area contributed by atoms with Gasteiger partial charge in [-0.25, -0.2) is 9.18 Å². The van der Waals surface area contributed by atoms with Crippen molar-refractivity contribution in [3.63, 3.8) is 0 Å². The van der Waals surface area contributed by atoms with Crippen molar-refractivity contribution >= 4 is 17.7 Å². The maximum atomic E-state index is 13.3. The Morgan fingerprint density at radius 1 is 1.32 bits per heavy atom. The van der Waals surface area contributed by atoms with Crippen LogP contribution in [0.4, 0.5) is 14.9 Å². The summed E-state index contributed by atoms with van der Waals surface area (Å²) in [5.74, 6) is -2.11. The number of aliphatic carboxylic acids is 1. The van der Waals surface area contributed by atoms with Gasteiger partial charge in [-0.1, -0.05) is 6.07 Å². The molecule has 0 fully saturated rings. The SMILES string of the molecule is Cc1c(F)cccc1NC(=O)NC(C)C(C)C(=O)O. The van der Waals surface area contributed by atoms with Crippen LogP contribution in [0.2, 0.25) is 0 Å². The first-order valence-corrected chi connectivity index (χ1v) is 5.88. The Morgan fingerprint density at radius 3 is 2.53 bits per heavy atom. The fraction of sp³-hybridized carbons (Fsp3) is 0.385. The van der Waals surface area contributed by atoms with Gasteiger partial charge in [0.1, 0.15) is 5.82 Å². The van der Waals surface area contributed by atoms with Gasteiger partial charge >= 0.3 is 12.0 Å². The van der Waals surface area contributed by atoms with Gasteiger partial charge in [-0.2, -0.15) is 0 Å². The Bertz CT molecular complexity index is 491. The molecule has 0 radical (unpaired) electrons. The van der Waals surface area contributed by atoms with E-state index in [-0.39, 0.29) is 0 Å². The molecule has 0 saturated carbocycles. The number of benzene rings is 1. The smallest absolute Gasteiger partial charge is 0.319 e. The highest BCUT2D eigenvalue weighted by Gasteiger charge is 2.21. The van der Waals surface area contributed by atoms with Crippen LogP contribution in [0.1, 0.15) is 19.4 Å². The molecule has 1 rings (SSSR count). The number of carbonyl (C=O) groups is 2. The van der Waals surface area contributed by atoms with Gasteiger partial charge in [-0.3, -0.25) is 4.79 Å². The first-order valence-electron chi connectivity index (χ1n) is 5.88. The molecule has 0 aliphatic rings. The quantitative estimate of drug-likeness (QED) is 0.784. The number of urea groups is 1. The standard InChI is InChI=1S/C13H17FN2O3/c1-7(12(17)18)9(3)15-13(19)16-11-6-4-5-10(14)8(11)2/h4-7,9H,1-3H3,(H,17,18)(H2,15,16,19). The molecule has 19 heavy (non-hydrogen) atoms. The van der Waals surface area contributed by atoms with Crippen molar-refractivity contribution < 1.29 is 19.1 Å². The summed E-state index contributed by atoms with van der Waals surface area (Å²) < 4.78 is 13.3. The van der Waals surface area contributed by atoms with Crippen LogP contribution in [0.25, 0.3) is 0 Å². The molecule has 0 bridgehead atoms. The highest BCUT2D eigenvalue weighted by Crippen LogP contribution is 2.17. The summed E-state index contributed by atoms with van der Waals surface area (Å²) in [7, 11) is 0. The summed E-state index contributed by atoms with van der Waals surface area (Å²) in [5.41, 5.74) is 0.685. The number of halogens is 1. The van der Waals surface area contributed by atoms with E-state index >= 15 is 0 Å². The normalized spacial score (nSPS) is 13.5. The van der Waals surface area contributed by atoms with Gasteiger partial charge in [0.25, 0.3) is 0 Å². The maximum absolute atomic E-state index is 13.3. The van der Waals surface area contributed by atoms with E-state index in [1.165, 1.54) is 19.1 Å². The van der Waals surface area contributed by atoms with Crippen LogP contribution in [0.3, 0.4) is 0 Å². The molecule has 0 aliphatic carbocycles. The minimum atomic E-state index is -0.991. The minimum Gasteiger partial charge on any atom is -0.481 e. The number of amides is 2. The molecule has 2 amide bonds. The molecule has 1 aromatic rings. The molecule has 5 nitrogen and oxygen atoms in total. The monoisotopic (exact) mass is 268 g/mol. The van der Waals surface area contributed by atoms with E-state index in [4.69, 9.17) is 5.11 Å². The van der Waals surface area contributed by atoms with Gasteiger partial charge in [-0.05, 0) is 32.9 Å². The number of carboxylic acid groups (broad SMARTS) is 1.